The molecular formula is C85H142O17P2. The summed E-state index contributed by atoms with van der Waals surface area (Å²) in [5.74, 6) is -2.25. The molecule has 0 aromatic heterocycles. The first-order valence-corrected chi connectivity index (χ1v) is 43.1. The number of phosphoric ester groups is 2. The van der Waals surface area contributed by atoms with Gasteiger partial charge in [-0.1, -0.05) is 270 Å². The fourth-order valence-corrected chi connectivity index (χ4v) is 11.8. The SMILES string of the molecule is CC/C=C\C/C=C\C/C=C\C/C=C\C/C=C\CCCCCC(=O)OCC(COP(=O)(O)OCC(O)COP(=O)(O)OCC(COC(=O)CCCCCCC/C=C\C/C=C\CCC)OC(=O)CCCCCCC/C=C\CCCCCC)OC(=O)CCCCCCCC/C=C\C/C=C\C/C=C\C/C=C\CC. The lowest BCUT2D eigenvalue weighted by Crippen LogP contribution is -2.30. The molecule has 5 unspecified atom stereocenters. The van der Waals surface area contributed by atoms with Crippen molar-refractivity contribution in [3.8, 4) is 0 Å². The van der Waals surface area contributed by atoms with E-state index in [-0.39, 0.29) is 25.7 Å². The van der Waals surface area contributed by atoms with Crippen LogP contribution in [-0.2, 0) is 65.4 Å². The van der Waals surface area contributed by atoms with Gasteiger partial charge in [-0.15, -0.1) is 0 Å². The molecule has 594 valence electrons. The van der Waals surface area contributed by atoms with Gasteiger partial charge in [-0.3, -0.25) is 37.3 Å². The maximum atomic E-state index is 13.1. The van der Waals surface area contributed by atoms with Gasteiger partial charge in [0.25, 0.3) is 0 Å². The molecule has 0 aromatic rings. The highest BCUT2D eigenvalue weighted by Gasteiger charge is 2.30. The van der Waals surface area contributed by atoms with E-state index in [2.05, 4.69) is 174 Å². The van der Waals surface area contributed by atoms with E-state index < -0.39 is 97.5 Å². The molecule has 5 atom stereocenters. The molecule has 17 nitrogen and oxygen atoms in total. The summed E-state index contributed by atoms with van der Waals surface area (Å²) >= 11 is 0. The Hall–Kier alpha value is -5.06. The fraction of sp³-hybridized carbons (Fsp3) is 0.671. The molecule has 0 amide bonds. The molecular weight excluding hydrogens is 1350 g/mol. The summed E-state index contributed by atoms with van der Waals surface area (Å²) in [4.78, 5) is 73.0. The summed E-state index contributed by atoms with van der Waals surface area (Å²) in [5.41, 5.74) is 0. The highest BCUT2D eigenvalue weighted by Crippen LogP contribution is 2.45. The predicted octanol–water partition coefficient (Wildman–Crippen LogP) is 23.4. The summed E-state index contributed by atoms with van der Waals surface area (Å²) in [6.07, 6.45) is 86.8. The van der Waals surface area contributed by atoms with Crippen molar-refractivity contribution in [3.63, 3.8) is 0 Å². The van der Waals surface area contributed by atoms with Gasteiger partial charge in [0, 0.05) is 25.7 Å². The molecule has 0 rings (SSSR count). The summed E-state index contributed by atoms with van der Waals surface area (Å²) < 4.78 is 68.6. The molecule has 3 N–H and O–H groups in total. The van der Waals surface area contributed by atoms with Gasteiger partial charge in [0.05, 0.1) is 26.4 Å². The minimum atomic E-state index is -5.00. The zero-order valence-corrected chi connectivity index (χ0v) is 66.7. The minimum Gasteiger partial charge on any atom is -0.462 e. The number of rotatable bonds is 74. The average Bonchev–Trinajstić information content (AvgIpc) is 0.906. The molecule has 104 heavy (non-hydrogen) atoms. The van der Waals surface area contributed by atoms with E-state index in [9.17, 15) is 43.2 Å². The molecule has 0 fully saturated rings. The smallest absolute Gasteiger partial charge is 0.462 e. The third-order valence-corrected chi connectivity index (χ3v) is 18.2. The number of hydrogen-bond donors (Lipinski definition) is 3. The molecule has 0 bridgehead atoms. The van der Waals surface area contributed by atoms with E-state index in [0.29, 0.717) is 25.7 Å². The summed E-state index contributed by atoms with van der Waals surface area (Å²) in [5, 5.41) is 10.6. The van der Waals surface area contributed by atoms with Crippen molar-refractivity contribution in [1.82, 2.24) is 0 Å². The molecule has 0 aliphatic carbocycles. The van der Waals surface area contributed by atoms with E-state index in [1.807, 2.05) is 0 Å². The number of allylic oxidation sites excluding steroid dienone is 24. The maximum Gasteiger partial charge on any atom is 0.472 e. The van der Waals surface area contributed by atoms with Crippen molar-refractivity contribution in [3.05, 3.63) is 146 Å². The highest BCUT2D eigenvalue weighted by molar-refractivity contribution is 7.47. The van der Waals surface area contributed by atoms with E-state index in [4.69, 9.17) is 37.0 Å². The Morgan fingerprint density at radius 3 is 0.827 bits per heavy atom. The van der Waals surface area contributed by atoms with Crippen LogP contribution in [-0.4, -0.2) is 96.7 Å². The molecule has 0 aromatic carbocycles. The van der Waals surface area contributed by atoms with Gasteiger partial charge < -0.3 is 33.8 Å². The molecule has 0 heterocycles. The number of aliphatic hydroxyl groups excluding tert-OH is 1. The minimum absolute atomic E-state index is 0.0662. The van der Waals surface area contributed by atoms with Gasteiger partial charge in [0.15, 0.2) is 12.2 Å². The van der Waals surface area contributed by atoms with Crippen molar-refractivity contribution in [2.24, 2.45) is 0 Å². The van der Waals surface area contributed by atoms with Gasteiger partial charge >= 0.3 is 39.5 Å². The average molecular weight is 1500 g/mol. The van der Waals surface area contributed by atoms with Crippen LogP contribution in [0.25, 0.3) is 0 Å². The van der Waals surface area contributed by atoms with Crippen LogP contribution in [0.4, 0.5) is 0 Å². The van der Waals surface area contributed by atoms with Gasteiger partial charge in [0.2, 0.25) is 0 Å². The third-order valence-electron chi connectivity index (χ3n) is 16.2. The van der Waals surface area contributed by atoms with Crippen molar-refractivity contribution < 1.29 is 80.2 Å². The first-order valence-electron chi connectivity index (χ1n) is 40.1. The maximum absolute atomic E-state index is 13.1. The second-order valence-corrected chi connectivity index (χ2v) is 29.1. The Kier molecular flexibility index (Phi) is 72.4. The number of ether oxygens (including phenoxy) is 4. The van der Waals surface area contributed by atoms with Crippen LogP contribution in [0, 0.1) is 0 Å². The standard InChI is InChI=1S/C85H142O17P2/c1-5-9-13-17-21-25-29-33-35-37-39-41-43-47-50-54-58-62-66-70-83(88)96-76-81(102-85(90)72-68-64-60-56-52-48-44-42-40-38-36-34-30-26-22-18-14-10-6-2)78-100-104(93,94)98-74-79(86)73-97-103(91,92)99-77-80(101-84(89)71-67-63-59-55-51-46-32-28-24-20-16-12-8-4)75-95-82(87)69-65-61-57-53-49-45-31-27-23-19-15-11-7-3/h9-10,13-15,19,21-22,25-28,31-36,39-42,47,50,79-81,86H,5-8,11-12,16-18,20,23-24,29-30,37-38,43-46,48-49,51-78H2,1-4H3,(H,91,92)(H,93,94)/b13-9-,14-10-,19-15-,25-21-,26-22-,31-27-,32-28-,35-33-,36-34-,41-39-,42-40-,50-47-. The Labute approximate surface area is 630 Å². The number of aliphatic hydroxyl groups is 1. The number of esters is 4. The Morgan fingerprint density at radius 2 is 0.519 bits per heavy atom. The number of carbonyl (C=O) groups is 4. The Bertz CT molecular complexity index is 2540. The molecule has 0 radical (unpaired) electrons. The molecule has 0 spiro atoms. The van der Waals surface area contributed by atoms with Crippen molar-refractivity contribution in [2.75, 3.05) is 39.6 Å². The third kappa shape index (κ3) is 75.2. The van der Waals surface area contributed by atoms with Crippen LogP contribution in [0.5, 0.6) is 0 Å². The number of hydrogen-bond acceptors (Lipinski definition) is 15. The van der Waals surface area contributed by atoms with E-state index in [1.54, 1.807) is 0 Å². The largest absolute Gasteiger partial charge is 0.472 e. The van der Waals surface area contributed by atoms with Crippen LogP contribution in [0.2, 0.25) is 0 Å². The molecule has 0 saturated heterocycles. The molecule has 0 aliphatic heterocycles. The van der Waals surface area contributed by atoms with Crippen LogP contribution in [0.3, 0.4) is 0 Å². The Balaban J connectivity index is 5.42. The van der Waals surface area contributed by atoms with Crippen LogP contribution < -0.4 is 0 Å². The summed E-state index contributed by atoms with van der Waals surface area (Å²) in [6.45, 7) is 4.49. The summed E-state index contributed by atoms with van der Waals surface area (Å²) in [6, 6.07) is 0. The van der Waals surface area contributed by atoms with Crippen LogP contribution >= 0.6 is 15.6 Å². The zero-order valence-electron chi connectivity index (χ0n) is 64.9. The Morgan fingerprint density at radius 1 is 0.279 bits per heavy atom. The fourth-order valence-electron chi connectivity index (χ4n) is 10.2. The van der Waals surface area contributed by atoms with Gasteiger partial charge in [-0.2, -0.15) is 0 Å². The highest BCUT2D eigenvalue weighted by atomic mass is 31.2. The van der Waals surface area contributed by atoms with E-state index in [1.165, 1.54) is 25.7 Å². The van der Waals surface area contributed by atoms with Crippen molar-refractivity contribution >= 4 is 39.5 Å². The lowest BCUT2D eigenvalue weighted by Gasteiger charge is -2.21. The first-order chi connectivity index (χ1) is 50.7. The second kappa shape index (κ2) is 76.1. The van der Waals surface area contributed by atoms with E-state index >= 15 is 0 Å². The molecule has 0 saturated carbocycles. The number of unbranched alkanes of at least 4 members (excludes halogenated alkanes) is 24. The van der Waals surface area contributed by atoms with Gasteiger partial charge in [-0.25, -0.2) is 9.13 Å². The lowest BCUT2D eigenvalue weighted by molar-refractivity contribution is -0.161. The number of phosphoric acid groups is 2. The topological polar surface area (TPSA) is 237 Å². The monoisotopic (exact) mass is 1500 g/mol. The molecule has 0 aliphatic rings. The first kappa shape index (κ1) is 98.9. The normalized spacial score (nSPS) is 14.6. The van der Waals surface area contributed by atoms with E-state index in [0.717, 1.165) is 205 Å². The lowest BCUT2D eigenvalue weighted by atomic mass is 10.1. The number of carbonyl (C=O) groups excluding carboxylic acids is 4. The van der Waals surface area contributed by atoms with Crippen molar-refractivity contribution in [2.45, 2.75) is 329 Å². The molecule has 19 heteroatoms. The van der Waals surface area contributed by atoms with Crippen molar-refractivity contribution in [1.29, 1.82) is 0 Å². The zero-order chi connectivity index (χ0) is 76.0. The van der Waals surface area contributed by atoms with Crippen LogP contribution in [0.15, 0.2) is 146 Å². The van der Waals surface area contributed by atoms with Gasteiger partial charge in [0.1, 0.15) is 19.3 Å². The summed E-state index contributed by atoms with van der Waals surface area (Å²) in [7, 11) is -9.98. The predicted molar refractivity (Wildman–Crippen MR) is 427 cm³/mol. The second-order valence-electron chi connectivity index (χ2n) is 26.2. The quantitative estimate of drug-likeness (QED) is 0.0169. The van der Waals surface area contributed by atoms with Crippen LogP contribution in [0.1, 0.15) is 310 Å². The van der Waals surface area contributed by atoms with Gasteiger partial charge in [-0.05, 0) is 161 Å².